The molecule has 4 nitrogen and oxygen atoms in total. The van der Waals surface area contributed by atoms with Crippen molar-refractivity contribution in [2.45, 2.75) is 6.04 Å². The minimum Gasteiger partial charge on any atom is -0.507 e. The molecule has 0 bridgehead atoms. The molecule has 0 fully saturated rings. The van der Waals surface area contributed by atoms with E-state index >= 15 is 0 Å². The van der Waals surface area contributed by atoms with Gasteiger partial charge in [-0.2, -0.15) is 0 Å². The topological polar surface area (TPSA) is 76.5 Å². The lowest BCUT2D eigenvalue weighted by molar-refractivity contribution is 0.452. The number of hydrogen-bond donors (Lipinski definition) is 2. The summed E-state index contributed by atoms with van der Waals surface area (Å²) in [6.07, 6.45) is 0. The molecule has 0 radical (unpaired) electrons. The van der Waals surface area contributed by atoms with Gasteiger partial charge in [0.1, 0.15) is 16.9 Å². The van der Waals surface area contributed by atoms with Gasteiger partial charge in [0.15, 0.2) is 0 Å². The van der Waals surface area contributed by atoms with Gasteiger partial charge >= 0.3 is 5.63 Å². The van der Waals surface area contributed by atoms with Gasteiger partial charge < -0.3 is 15.3 Å². The van der Waals surface area contributed by atoms with Gasteiger partial charge in [-0.15, -0.1) is 0 Å². The summed E-state index contributed by atoms with van der Waals surface area (Å²) in [5.41, 5.74) is 6.64. The van der Waals surface area contributed by atoms with Gasteiger partial charge in [0.05, 0.1) is 11.4 Å². The molecule has 20 heavy (non-hydrogen) atoms. The first-order valence-electron chi connectivity index (χ1n) is 6.23. The molecule has 0 aliphatic heterocycles. The van der Waals surface area contributed by atoms with E-state index in [1.54, 1.807) is 36.4 Å². The molecule has 0 aliphatic rings. The smallest absolute Gasteiger partial charge is 0.345 e. The number of nitrogens with two attached hydrogens (primary N) is 1. The quantitative estimate of drug-likeness (QED) is 0.699. The molecule has 0 saturated carbocycles. The summed E-state index contributed by atoms with van der Waals surface area (Å²) < 4.78 is 5.22. The molecule has 3 aromatic rings. The first kappa shape index (κ1) is 12.4. The van der Waals surface area contributed by atoms with Gasteiger partial charge in [0.25, 0.3) is 0 Å². The molecular weight excluding hydrogens is 254 g/mol. The molecule has 1 heterocycles. The molecule has 0 amide bonds. The molecule has 1 unspecified atom stereocenters. The van der Waals surface area contributed by atoms with E-state index in [1.165, 1.54) is 0 Å². The Morgan fingerprint density at radius 3 is 2.40 bits per heavy atom. The highest BCUT2D eigenvalue weighted by Crippen LogP contribution is 2.31. The van der Waals surface area contributed by atoms with Gasteiger partial charge in [-0.1, -0.05) is 42.5 Å². The van der Waals surface area contributed by atoms with E-state index < -0.39 is 11.7 Å². The second-order valence-electron chi connectivity index (χ2n) is 4.54. The average molecular weight is 267 g/mol. The SMILES string of the molecule is NC(c1ccccc1)c1c(O)c2ccccc2oc1=O. The summed E-state index contributed by atoms with van der Waals surface area (Å²) in [5, 5.41) is 10.8. The fourth-order valence-electron chi connectivity index (χ4n) is 2.25. The molecule has 2 aromatic carbocycles. The number of benzene rings is 2. The highest BCUT2D eigenvalue weighted by molar-refractivity contribution is 5.84. The van der Waals surface area contributed by atoms with Crippen molar-refractivity contribution >= 4 is 11.0 Å². The van der Waals surface area contributed by atoms with Crippen molar-refractivity contribution in [3.05, 3.63) is 76.1 Å². The molecular formula is C16H13NO3. The minimum absolute atomic E-state index is 0.0786. The zero-order valence-electron chi connectivity index (χ0n) is 10.6. The van der Waals surface area contributed by atoms with Crippen molar-refractivity contribution in [1.29, 1.82) is 0 Å². The van der Waals surface area contributed by atoms with Crippen LogP contribution < -0.4 is 11.4 Å². The molecule has 100 valence electrons. The molecule has 0 spiro atoms. The predicted molar refractivity (Wildman–Crippen MR) is 76.6 cm³/mol. The fourth-order valence-corrected chi connectivity index (χ4v) is 2.25. The molecule has 3 rings (SSSR count). The lowest BCUT2D eigenvalue weighted by Gasteiger charge is -2.13. The Kier molecular flexibility index (Phi) is 3.00. The Morgan fingerprint density at radius 2 is 1.65 bits per heavy atom. The maximum Gasteiger partial charge on any atom is 0.345 e. The van der Waals surface area contributed by atoms with Crippen LogP contribution in [-0.4, -0.2) is 5.11 Å². The number of fused-ring (bicyclic) bond motifs is 1. The van der Waals surface area contributed by atoms with Crippen LogP contribution in [-0.2, 0) is 0 Å². The van der Waals surface area contributed by atoms with Crippen molar-refractivity contribution in [2.75, 3.05) is 0 Å². The fraction of sp³-hybridized carbons (Fsp3) is 0.0625. The second kappa shape index (κ2) is 4.83. The van der Waals surface area contributed by atoms with E-state index in [0.717, 1.165) is 5.56 Å². The Hall–Kier alpha value is -2.59. The number of hydrogen-bond acceptors (Lipinski definition) is 4. The normalized spacial score (nSPS) is 12.4. The van der Waals surface area contributed by atoms with Crippen LogP contribution in [0.2, 0.25) is 0 Å². The Labute approximate surface area is 115 Å². The minimum atomic E-state index is -0.725. The second-order valence-corrected chi connectivity index (χ2v) is 4.54. The average Bonchev–Trinajstić information content (AvgIpc) is 2.48. The van der Waals surface area contributed by atoms with Crippen LogP contribution in [0.5, 0.6) is 5.75 Å². The maximum absolute atomic E-state index is 12.1. The Bertz CT molecular complexity index is 809. The molecule has 1 atom stereocenters. The monoisotopic (exact) mass is 267 g/mol. The molecule has 4 heteroatoms. The summed E-state index contributed by atoms with van der Waals surface area (Å²) >= 11 is 0. The van der Waals surface area contributed by atoms with Crippen molar-refractivity contribution in [3.63, 3.8) is 0 Å². The van der Waals surface area contributed by atoms with Crippen LogP contribution in [0.3, 0.4) is 0 Å². The van der Waals surface area contributed by atoms with Crippen LogP contribution in [0.15, 0.2) is 63.8 Å². The summed E-state index contributed by atoms with van der Waals surface area (Å²) in [6.45, 7) is 0. The van der Waals surface area contributed by atoms with Gasteiger partial charge in [-0.25, -0.2) is 4.79 Å². The summed E-state index contributed by atoms with van der Waals surface area (Å²) in [4.78, 5) is 12.1. The van der Waals surface area contributed by atoms with Crippen molar-refractivity contribution in [3.8, 4) is 5.75 Å². The molecule has 0 saturated heterocycles. The number of rotatable bonds is 2. The van der Waals surface area contributed by atoms with Crippen LogP contribution in [0.4, 0.5) is 0 Å². The highest BCUT2D eigenvalue weighted by Gasteiger charge is 2.21. The van der Waals surface area contributed by atoms with E-state index in [1.807, 2.05) is 18.2 Å². The zero-order valence-corrected chi connectivity index (χ0v) is 10.6. The lowest BCUT2D eigenvalue weighted by atomic mass is 9.99. The van der Waals surface area contributed by atoms with Gasteiger partial charge in [-0.05, 0) is 17.7 Å². The third kappa shape index (κ3) is 1.96. The van der Waals surface area contributed by atoms with Crippen molar-refractivity contribution in [2.24, 2.45) is 5.73 Å². The standard InChI is InChI=1S/C16H13NO3/c17-14(10-6-2-1-3-7-10)13-15(18)11-8-4-5-9-12(11)20-16(13)19/h1-9,14,18H,17H2. The van der Waals surface area contributed by atoms with Crippen LogP contribution in [0.25, 0.3) is 11.0 Å². The zero-order chi connectivity index (χ0) is 14.1. The maximum atomic E-state index is 12.1. The predicted octanol–water partition coefficient (Wildman–Crippen LogP) is 2.55. The Balaban J connectivity index is 2.24. The number of para-hydroxylation sites is 1. The summed E-state index contributed by atoms with van der Waals surface area (Å²) in [7, 11) is 0. The van der Waals surface area contributed by atoms with E-state index in [-0.39, 0.29) is 11.3 Å². The van der Waals surface area contributed by atoms with Crippen LogP contribution in [0, 0.1) is 0 Å². The summed E-state index contributed by atoms with van der Waals surface area (Å²) in [5.74, 6) is -0.117. The summed E-state index contributed by atoms with van der Waals surface area (Å²) in [6, 6.07) is 15.2. The number of aromatic hydroxyl groups is 1. The lowest BCUT2D eigenvalue weighted by Crippen LogP contribution is -2.20. The molecule has 1 aromatic heterocycles. The van der Waals surface area contributed by atoms with E-state index in [9.17, 15) is 9.90 Å². The van der Waals surface area contributed by atoms with Crippen molar-refractivity contribution < 1.29 is 9.52 Å². The van der Waals surface area contributed by atoms with E-state index in [2.05, 4.69) is 0 Å². The van der Waals surface area contributed by atoms with E-state index in [4.69, 9.17) is 10.2 Å². The van der Waals surface area contributed by atoms with Crippen molar-refractivity contribution in [1.82, 2.24) is 0 Å². The first-order valence-corrected chi connectivity index (χ1v) is 6.23. The largest absolute Gasteiger partial charge is 0.507 e. The van der Waals surface area contributed by atoms with E-state index in [0.29, 0.717) is 11.0 Å². The van der Waals surface area contributed by atoms with Gasteiger partial charge in [0, 0.05) is 0 Å². The van der Waals surface area contributed by atoms with Gasteiger partial charge in [-0.3, -0.25) is 0 Å². The first-order chi connectivity index (χ1) is 9.68. The molecule has 3 N–H and O–H groups in total. The third-order valence-electron chi connectivity index (χ3n) is 3.29. The van der Waals surface area contributed by atoms with Crippen LogP contribution >= 0.6 is 0 Å². The van der Waals surface area contributed by atoms with Crippen LogP contribution in [0.1, 0.15) is 17.2 Å². The third-order valence-corrected chi connectivity index (χ3v) is 3.29. The Morgan fingerprint density at radius 1 is 1.00 bits per heavy atom. The van der Waals surface area contributed by atoms with Gasteiger partial charge in [0.2, 0.25) is 0 Å². The molecule has 0 aliphatic carbocycles. The highest BCUT2D eigenvalue weighted by atomic mass is 16.4.